The fraction of sp³-hybridized carbons (Fsp3) is 0.318. The lowest BCUT2D eigenvalue weighted by Gasteiger charge is -2.21. The minimum Gasteiger partial charge on any atom is -0.339 e. The van der Waals surface area contributed by atoms with Gasteiger partial charge in [-0.15, -0.1) is 0 Å². The number of amides is 1. The summed E-state index contributed by atoms with van der Waals surface area (Å²) in [5.41, 5.74) is 7.77. The van der Waals surface area contributed by atoms with Crippen molar-refractivity contribution in [3.05, 3.63) is 70.1 Å². The molecule has 3 aromatic rings. The first-order chi connectivity index (χ1) is 13.5. The second kappa shape index (κ2) is 7.56. The third kappa shape index (κ3) is 3.43. The monoisotopic (exact) mass is 376 g/mol. The summed E-state index contributed by atoms with van der Waals surface area (Å²) >= 11 is 0. The zero-order chi connectivity index (χ0) is 19.7. The third-order valence-corrected chi connectivity index (χ3v) is 5.39. The summed E-state index contributed by atoms with van der Waals surface area (Å²) in [4.78, 5) is 27.8. The first-order valence-corrected chi connectivity index (χ1v) is 9.68. The van der Waals surface area contributed by atoms with E-state index in [-0.39, 0.29) is 17.5 Å². The van der Waals surface area contributed by atoms with Crippen molar-refractivity contribution in [1.82, 2.24) is 14.7 Å². The highest BCUT2D eigenvalue weighted by Crippen LogP contribution is 2.17. The molecule has 1 aromatic heterocycles. The normalized spacial score (nSPS) is 17.5. The molecule has 2 N–H and O–H groups in total. The molecule has 4 rings (SSSR count). The number of likely N-dealkylation sites (tertiary alicyclic amines) is 1. The number of benzene rings is 2. The van der Waals surface area contributed by atoms with Gasteiger partial charge < -0.3 is 10.6 Å². The maximum atomic E-state index is 13.0. The van der Waals surface area contributed by atoms with Gasteiger partial charge in [-0.2, -0.15) is 9.78 Å². The van der Waals surface area contributed by atoms with E-state index < -0.39 is 0 Å². The van der Waals surface area contributed by atoms with Gasteiger partial charge >= 0.3 is 0 Å². The molecule has 28 heavy (non-hydrogen) atoms. The predicted octanol–water partition coefficient (Wildman–Crippen LogP) is 2.65. The van der Waals surface area contributed by atoms with Crippen LogP contribution in [0.3, 0.4) is 0 Å². The summed E-state index contributed by atoms with van der Waals surface area (Å²) in [6, 6.07) is 14.7. The van der Waals surface area contributed by atoms with Crippen LogP contribution < -0.4 is 11.3 Å². The van der Waals surface area contributed by atoms with Crippen LogP contribution in [0.15, 0.2) is 53.3 Å². The average Bonchev–Trinajstić information content (AvgIpc) is 2.95. The van der Waals surface area contributed by atoms with E-state index in [2.05, 4.69) is 5.10 Å². The Morgan fingerprint density at radius 3 is 2.68 bits per heavy atom. The molecule has 1 aliphatic heterocycles. The second-order valence-corrected chi connectivity index (χ2v) is 7.38. The van der Waals surface area contributed by atoms with Gasteiger partial charge in [0.1, 0.15) is 0 Å². The van der Waals surface area contributed by atoms with Crippen molar-refractivity contribution < 1.29 is 4.79 Å². The molecule has 0 saturated carbocycles. The molecular formula is C22H24N4O2. The van der Waals surface area contributed by atoms with Crippen LogP contribution in [-0.4, -0.2) is 39.7 Å². The van der Waals surface area contributed by atoms with Crippen molar-refractivity contribution >= 4 is 16.7 Å². The lowest BCUT2D eigenvalue weighted by molar-refractivity contribution is 0.0761. The van der Waals surface area contributed by atoms with Gasteiger partial charge in [0.05, 0.1) is 16.8 Å². The molecule has 0 aliphatic carbocycles. The molecule has 0 spiro atoms. The molecule has 6 nitrogen and oxygen atoms in total. The van der Waals surface area contributed by atoms with E-state index in [0.717, 1.165) is 30.3 Å². The topological polar surface area (TPSA) is 81.2 Å². The van der Waals surface area contributed by atoms with Crippen molar-refractivity contribution in [2.24, 2.45) is 5.73 Å². The zero-order valence-electron chi connectivity index (χ0n) is 16.0. The molecule has 1 amide bonds. The van der Waals surface area contributed by atoms with Gasteiger partial charge in [0, 0.05) is 30.1 Å². The van der Waals surface area contributed by atoms with Crippen molar-refractivity contribution in [1.29, 1.82) is 0 Å². The molecule has 0 radical (unpaired) electrons. The van der Waals surface area contributed by atoms with Crippen LogP contribution in [-0.2, 0) is 0 Å². The van der Waals surface area contributed by atoms with E-state index in [1.54, 1.807) is 30.3 Å². The minimum absolute atomic E-state index is 0.0264. The number of fused-ring (bicyclic) bond motifs is 1. The summed E-state index contributed by atoms with van der Waals surface area (Å²) in [6.07, 6.45) is 2.67. The van der Waals surface area contributed by atoms with Gasteiger partial charge in [-0.25, -0.2) is 0 Å². The maximum Gasteiger partial charge on any atom is 0.279 e. The fourth-order valence-corrected chi connectivity index (χ4v) is 3.80. The molecule has 0 bridgehead atoms. The van der Waals surface area contributed by atoms with Gasteiger partial charge in [0.15, 0.2) is 0 Å². The molecule has 1 aliphatic rings. The molecule has 2 heterocycles. The number of aryl methyl sites for hydroxylation is 1. The SMILES string of the molecule is Cc1nn(-c2cccc(C(=O)N3CCC[C@H](N)CC3)c2)c(=O)c2ccccc12. The van der Waals surface area contributed by atoms with Crippen LogP contribution in [0.4, 0.5) is 0 Å². The summed E-state index contributed by atoms with van der Waals surface area (Å²) in [6.45, 7) is 3.26. The molecule has 2 aromatic carbocycles. The second-order valence-electron chi connectivity index (χ2n) is 7.38. The van der Waals surface area contributed by atoms with Crippen LogP contribution >= 0.6 is 0 Å². The molecule has 6 heteroatoms. The Hall–Kier alpha value is -2.99. The summed E-state index contributed by atoms with van der Waals surface area (Å²) in [5, 5.41) is 5.93. The number of nitrogens with zero attached hydrogens (tertiary/aromatic N) is 3. The highest BCUT2D eigenvalue weighted by atomic mass is 16.2. The van der Waals surface area contributed by atoms with Crippen LogP contribution in [0.1, 0.15) is 35.3 Å². The van der Waals surface area contributed by atoms with Crippen LogP contribution in [0, 0.1) is 6.92 Å². The van der Waals surface area contributed by atoms with Crippen LogP contribution in [0.25, 0.3) is 16.5 Å². The van der Waals surface area contributed by atoms with E-state index in [1.807, 2.05) is 30.0 Å². The van der Waals surface area contributed by atoms with E-state index in [4.69, 9.17) is 5.73 Å². The Kier molecular flexibility index (Phi) is 4.96. The van der Waals surface area contributed by atoms with Gasteiger partial charge in [0.2, 0.25) is 0 Å². The van der Waals surface area contributed by atoms with Crippen LogP contribution in [0.2, 0.25) is 0 Å². The van der Waals surface area contributed by atoms with Crippen molar-refractivity contribution in [2.75, 3.05) is 13.1 Å². The van der Waals surface area contributed by atoms with Crippen molar-refractivity contribution in [3.8, 4) is 5.69 Å². The number of nitrogens with two attached hydrogens (primary N) is 1. The van der Waals surface area contributed by atoms with Gasteiger partial charge in [-0.05, 0) is 50.5 Å². The molecule has 1 fully saturated rings. The Labute approximate surface area is 163 Å². The zero-order valence-corrected chi connectivity index (χ0v) is 16.0. The first-order valence-electron chi connectivity index (χ1n) is 9.68. The van der Waals surface area contributed by atoms with E-state index in [0.29, 0.717) is 29.7 Å². The Morgan fingerprint density at radius 2 is 1.86 bits per heavy atom. The molecular weight excluding hydrogens is 352 g/mol. The molecule has 144 valence electrons. The lowest BCUT2D eigenvalue weighted by atomic mass is 10.1. The largest absolute Gasteiger partial charge is 0.339 e. The summed E-state index contributed by atoms with van der Waals surface area (Å²) < 4.78 is 1.38. The van der Waals surface area contributed by atoms with E-state index >= 15 is 0 Å². The Balaban J connectivity index is 1.71. The Bertz CT molecular complexity index is 1090. The standard InChI is InChI=1S/C22H24N4O2/c1-15-19-9-2-3-10-20(19)22(28)26(24-15)18-8-4-6-16(14-18)21(27)25-12-5-7-17(23)11-13-25/h2-4,6,8-10,14,17H,5,7,11-13,23H2,1H3/t17-/m0/s1. The van der Waals surface area contributed by atoms with Crippen LogP contribution in [0.5, 0.6) is 0 Å². The number of aromatic nitrogens is 2. The van der Waals surface area contributed by atoms with Gasteiger partial charge in [0.25, 0.3) is 11.5 Å². The maximum absolute atomic E-state index is 13.0. The van der Waals surface area contributed by atoms with Crippen molar-refractivity contribution in [3.63, 3.8) is 0 Å². The molecule has 1 saturated heterocycles. The summed E-state index contributed by atoms with van der Waals surface area (Å²) in [5.74, 6) is -0.0264. The quantitative estimate of drug-likeness (QED) is 0.745. The number of hydrogen-bond donors (Lipinski definition) is 1. The first kappa shape index (κ1) is 18.4. The number of carbonyl (C=O) groups is 1. The molecule has 1 atom stereocenters. The third-order valence-electron chi connectivity index (χ3n) is 5.39. The Morgan fingerprint density at radius 1 is 1.07 bits per heavy atom. The van der Waals surface area contributed by atoms with Gasteiger partial charge in [-0.3, -0.25) is 9.59 Å². The highest BCUT2D eigenvalue weighted by molar-refractivity contribution is 5.94. The molecule has 0 unspecified atom stereocenters. The highest BCUT2D eigenvalue weighted by Gasteiger charge is 2.20. The smallest absolute Gasteiger partial charge is 0.279 e. The van der Waals surface area contributed by atoms with Gasteiger partial charge in [-0.1, -0.05) is 24.3 Å². The predicted molar refractivity (Wildman–Crippen MR) is 110 cm³/mol. The number of carbonyl (C=O) groups excluding carboxylic acids is 1. The van der Waals surface area contributed by atoms with E-state index in [9.17, 15) is 9.59 Å². The minimum atomic E-state index is -0.188. The van der Waals surface area contributed by atoms with E-state index in [1.165, 1.54) is 4.68 Å². The fourth-order valence-electron chi connectivity index (χ4n) is 3.80. The van der Waals surface area contributed by atoms with Crippen molar-refractivity contribution in [2.45, 2.75) is 32.2 Å². The lowest BCUT2D eigenvalue weighted by Crippen LogP contribution is -2.33. The number of rotatable bonds is 2. The average molecular weight is 376 g/mol. The number of hydrogen-bond acceptors (Lipinski definition) is 4. The summed E-state index contributed by atoms with van der Waals surface area (Å²) in [7, 11) is 0.